The molecule has 0 saturated heterocycles. The number of hydrogen-bond donors (Lipinski definition) is 1. The molecule has 0 aliphatic heterocycles. The lowest BCUT2D eigenvalue weighted by Gasteiger charge is -2.12. The average Bonchev–Trinajstić information content (AvgIpc) is 1.89. The van der Waals surface area contributed by atoms with Gasteiger partial charge in [0.15, 0.2) is 0 Å². The maximum Gasteiger partial charge on any atom is 0.0361 e. The van der Waals surface area contributed by atoms with Gasteiger partial charge in [0.25, 0.3) is 0 Å². The number of thiol groups is 1. The van der Waals surface area contributed by atoms with Crippen LogP contribution in [0.2, 0.25) is 0 Å². The van der Waals surface area contributed by atoms with Crippen molar-refractivity contribution in [2.75, 3.05) is 6.26 Å². The van der Waals surface area contributed by atoms with E-state index < -0.39 is 0 Å². The summed E-state index contributed by atoms with van der Waals surface area (Å²) in [6.07, 6.45) is 9.55. The highest BCUT2D eigenvalue weighted by Gasteiger charge is 2.07. The van der Waals surface area contributed by atoms with Crippen LogP contribution in [0.15, 0.2) is 23.1 Å². The van der Waals surface area contributed by atoms with Gasteiger partial charge < -0.3 is 0 Å². The first kappa shape index (κ1) is 7.29. The zero-order valence-corrected chi connectivity index (χ0v) is 7.08. The normalized spacial score (nSPS) is 26.0. The zero-order chi connectivity index (χ0) is 6.69. The summed E-state index contributed by atoms with van der Waals surface area (Å²) in [5.74, 6) is 0. The van der Waals surface area contributed by atoms with Crippen LogP contribution in [0.25, 0.3) is 0 Å². The Bertz CT molecular complexity index is 147. The minimum atomic E-state index is 0.449. The van der Waals surface area contributed by atoms with Crippen molar-refractivity contribution < 1.29 is 0 Å². The van der Waals surface area contributed by atoms with Gasteiger partial charge in [-0.25, -0.2) is 0 Å². The van der Waals surface area contributed by atoms with Gasteiger partial charge in [-0.05, 0) is 17.6 Å². The van der Waals surface area contributed by atoms with Gasteiger partial charge in [0, 0.05) is 5.25 Å². The van der Waals surface area contributed by atoms with Crippen LogP contribution >= 0.6 is 24.4 Å². The summed E-state index contributed by atoms with van der Waals surface area (Å²) < 4.78 is 0. The van der Waals surface area contributed by atoms with E-state index in [9.17, 15) is 0 Å². The van der Waals surface area contributed by atoms with Crippen molar-refractivity contribution in [1.29, 1.82) is 0 Å². The van der Waals surface area contributed by atoms with Crippen LogP contribution in [-0.2, 0) is 0 Å². The Balaban J connectivity index is 2.63. The van der Waals surface area contributed by atoms with Gasteiger partial charge in [0.2, 0.25) is 0 Å². The zero-order valence-electron chi connectivity index (χ0n) is 5.37. The van der Waals surface area contributed by atoms with Crippen LogP contribution in [0.3, 0.4) is 0 Å². The maximum absolute atomic E-state index is 4.40. The summed E-state index contributed by atoms with van der Waals surface area (Å²) in [5.41, 5.74) is 0. The molecule has 0 heterocycles. The second-order valence-electron chi connectivity index (χ2n) is 1.95. The third-order valence-electron chi connectivity index (χ3n) is 1.32. The van der Waals surface area contributed by atoms with Gasteiger partial charge in [-0.3, -0.25) is 0 Å². The largest absolute Gasteiger partial charge is 0.170 e. The molecule has 9 heavy (non-hydrogen) atoms. The van der Waals surface area contributed by atoms with Gasteiger partial charge in [0.05, 0.1) is 0 Å². The molecule has 0 spiro atoms. The van der Waals surface area contributed by atoms with E-state index in [-0.39, 0.29) is 0 Å². The lowest BCUT2D eigenvalue weighted by Crippen LogP contribution is -2.00. The van der Waals surface area contributed by atoms with E-state index in [0.29, 0.717) is 5.25 Å². The van der Waals surface area contributed by atoms with E-state index in [1.165, 1.54) is 4.91 Å². The Hall–Kier alpha value is 0.180. The summed E-state index contributed by atoms with van der Waals surface area (Å²) in [7, 11) is 0. The van der Waals surface area contributed by atoms with Gasteiger partial charge in [-0.1, -0.05) is 18.2 Å². The fourth-order valence-electron chi connectivity index (χ4n) is 0.802. The van der Waals surface area contributed by atoms with E-state index in [4.69, 9.17) is 0 Å². The molecule has 0 N–H and O–H groups in total. The molecule has 0 nitrogen and oxygen atoms in total. The fraction of sp³-hybridized carbons (Fsp3) is 0.429. The topological polar surface area (TPSA) is 0 Å². The molecule has 0 aromatic carbocycles. The highest BCUT2D eigenvalue weighted by atomic mass is 32.2. The van der Waals surface area contributed by atoms with Crippen LogP contribution in [0.5, 0.6) is 0 Å². The highest BCUT2D eigenvalue weighted by molar-refractivity contribution is 8.03. The molecule has 0 radical (unpaired) electrons. The number of hydrogen-bond acceptors (Lipinski definition) is 2. The predicted octanol–water partition coefficient (Wildman–Crippen LogP) is 2.49. The third kappa shape index (κ3) is 1.80. The summed E-state index contributed by atoms with van der Waals surface area (Å²) in [6, 6.07) is 0. The smallest absolute Gasteiger partial charge is 0.0361 e. The molecule has 0 aromatic rings. The Kier molecular flexibility index (Phi) is 2.73. The van der Waals surface area contributed by atoms with Crippen molar-refractivity contribution in [3.8, 4) is 0 Å². The third-order valence-corrected chi connectivity index (χ3v) is 2.88. The van der Waals surface area contributed by atoms with Gasteiger partial charge in [-0.2, -0.15) is 12.6 Å². The lowest BCUT2D eigenvalue weighted by molar-refractivity contribution is 1.05. The standard InChI is InChI=1S/C7H10S2/c1-9-7-5-3-2-4-6(7)8/h2-3,5-6,8H,4H2,1H3. The van der Waals surface area contributed by atoms with Crippen molar-refractivity contribution >= 4 is 24.4 Å². The second kappa shape index (κ2) is 3.37. The second-order valence-corrected chi connectivity index (χ2v) is 3.46. The number of thioether (sulfide) groups is 1. The van der Waals surface area contributed by atoms with Crippen LogP contribution in [-0.4, -0.2) is 11.5 Å². The van der Waals surface area contributed by atoms with Crippen molar-refractivity contribution in [3.05, 3.63) is 23.1 Å². The molecular weight excluding hydrogens is 148 g/mol. The molecule has 0 fully saturated rings. The van der Waals surface area contributed by atoms with E-state index in [1.807, 2.05) is 0 Å². The molecule has 0 aromatic heterocycles. The predicted molar refractivity (Wildman–Crippen MR) is 48.1 cm³/mol. The Morgan fingerprint density at radius 3 is 3.00 bits per heavy atom. The van der Waals surface area contributed by atoms with Crippen molar-refractivity contribution in [1.82, 2.24) is 0 Å². The summed E-state index contributed by atoms with van der Waals surface area (Å²) in [6.45, 7) is 0. The molecule has 0 saturated carbocycles. The van der Waals surface area contributed by atoms with Gasteiger partial charge >= 0.3 is 0 Å². The van der Waals surface area contributed by atoms with E-state index in [0.717, 1.165) is 6.42 Å². The molecule has 1 rings (SSSR count). The molecule has 1 unspecified atom stereocenters. The lowest BCUT2D eigenvalue weighted by atomic mass is 10.2. The van der Waals surface area contributed by atoms with Crippen LogP contribution in [0, 0.1) is 0 Å². The number of allylic oxidation sites excluding steroid dienone is 3. The first-order valence-corrected chi connectivity index (χ1v) is 4.67. The van der Waals surface area contributed by atoms with Gasteiger partial charge in [-0.15, -0.1) is 11.8 Å². The highest BCUT2D eigenvalue weighted by Crippen LogP contribution is 2.26. The fourth-order valence-corrected chi connectivity index (χ4v) is 1.91. The van der Waals surface area contributed by atoms with Crippen molar-refractivity contribution in [2.45, 2.75) is 11.7 Å². The Morgan fingerprint density at radius 1 is 1.78 bits per heavy atom. The van der Waals surface area contributed by atoms with Crippen LogP contribution < -0.4 is 0 Å². The van der Waals surface area contributed by atoms with Crippen molar-refractivity contribution in [3.63, 3.8) is 0 Å². The van der Waals surface area contributed by atoms with Gasteiger partial charge in [0.1, 0.15) is 0 Å². The van der Waals surface area contributed by atoms with Crippen LogP contribution in [0.4, 0.5) is 0 Å². The van der Waals surface area contributed by atoms with E-state index in [2.05, 4.69) is 37.1 Å². The number of rotatable bonds is 1. The molecule has 0 bridgehead atoms. The molecule has 50 valence electrons. The first-order valence-electron chi connectivity index (χ1n) is 2.93. The summed E-state index contributed by atoms with van der Waals surface area (Å²) in [5, 5.41) is 0.449. The summed E-state index contributed by atoms with van der Waals surface area (Å²) in [4.78, 5) is 1.38. The molecule has 0 amide bonds. The average molecular weight is 158 g/mol. The molecule has 2 heteroatoms. The monoisotopic (exact) mass is 158 g/mol. The minimum Gasteiger partial charge on any atom is -0.170 e. The Labute approximate surface area is 65.8 Å². The Morgan fingerprint density at radius 2 is 2.56 bits per heavy atom. The molecule has 1 aliphatic carbocycles. The molecule has 1 aliphatic rings. The van der Waals surface area contributed by atoms with Crippen LogP contribution in [0.1, 0.15) is 6.42 Å². The maximum atomic E-state index is 4.40. The van der Waals surface area contributed by atoms with Crippen molar-refractivity contribution in [2.24, 2.45) is 0 Å². The van der Waals surface area contributed by atoms with E-state index in [1.54, 1.807) is 11.8 Å². The molecular formula is C7H10S2. The summed E-state index contributed by atoms with van der Waals surface area (Å²) >= 11 is 6.18. The SMILES string of the molecule is CSC1=CC=CCC1S. The minimum absolute atomic E-state index is 0.449. The first-order chi connectivity index (χ1) is 4.34. The quantitative estimate of drug-likeness (QED) is 0.572. The molecule has 1 atom stereocenters. The van der Waals surface area contributed by atoms with E-state index >= 15 is 0 Å².